The van der Waals surface area contributed by atoms with E-state index in [0.717, 1.165) is 38.3 Å². The van der Waals surface area contributed by atoms with Crippen LogP contribution in [0.15, 0.2) is 71.3 Å². The monoisotopic (exact) mass is 457 g/mol. The van der Waals surface area contributed by atoms with Crippen LogP contribution in [0.4, 0.5) is 11.4 Å². The van der Waals surface area contributed by atoms with Crippen molar-refractivity contribution in [2.75, 3.05) is 42.9 Å². The van der Waals surface area contributed by atoms with Crippen LogP contribution in [0, 0.1) is 11.3 Å². The molecule has 174 valence electrons. The van der Waals surface area contributed by atoms with Crippen molar-refractivity contribution in [1.29, 1.82) is 5.26 Å². The second kappa shape index (κ2) is 11.2. The van der Waals surface area contributed by atoms with Crippen LogP contribution in [0.25, 0.3) is 0 Å². The Kier molecular flexibility index (Phi) is 7.58. The van der Waals surface area contributed by atoms with Gasteiger partial charge in [0.15, 0.2) is 0 Å². The summed E-state index contributed by atoms with van der Waals surface area (Å²) < 4.78 is 5.25. The summed E-state index contributed by atoms with van der Waals surface area (Å²) in [6, 6.07) is 20.3. The molecule has 2 heterocycles. The molecule has 0 saturated carbocycles. The zero-order valence-electron chi connectivity index (χ0n) is 18.9. The number of nitrogens with one attached hydrogen (secondary N) is 2. The fraction of sp³-hybridized carbons (Fsp3) is 0.269. The summed E-state index contributed by atoms with van der Waals surface area (Å²) in [4.78, 5) is 29.8. The minimum atomic E-state index is -0.278. The molecule has 1 saturated heterocycles. The van der Waals surface area contributed by atoms with E-state index < -0.39 is 0 Å². The number of amides is 2. The van der Waals surface area contributed by atoms with E-state index in [9.17, 15) is 9.59 Å². The van der Waals surface area contributed by atoms with Crippen molar-refractivity contribution < 1.29 is 14.0 Å². The largest absolute Gasteiger partial charge is 0.467 e. The molecule has 2 N–H and O–H groups in total. The van der Waals surface area contributed by atoms with Gasteiger partial charge in [-0.3, -0.25) is 14.5 Å². The second-order valence-corrected chi connectivity index (χ2v) is 8.13. The molecule has 0 atom stereocenters. The molecule has 1 fully saturated rings. The lowest BCUT2D eigenvalue weighted by atomic mass is 10.1. The summed E-state index contributed by atoms with van der Waals surface area (Å²) in [5.41, 5.74) is 2.62. The lowest BCUT2D eigenvalue weighted by Crippen LogP contribution is -2.36. The van der Waals surface area contributed by atoms with E-state index in [1.807, 2.05) is 24.3 Å². The molecule has 3 aromatic rings. The average Bonchev–Trinajstić information content (AvgIpc) is 3.28. The third kappa shape index (κ3) is 6.03. The normalized spacial score (nSPS) is 14.1. The Balaban J connectivity index is 1.31. The van der Waals surface area contributed by atoms with Crippen LogP contribution >= 0.6 is 0 Å². The third-order valence-corrected chi connectivity index (χ3v) is 5.77. The highest BCUT2D eigenvalue weighted by Gasteiger charge is 2.19. The third-order valence-electron chi connectivity index (χ3n) is 5.77. The fourth-order valence-electron chi connectivity index (χ4n) is 3.99. The number of nitrogens with zero attached hydrogens (tertiary/aromatic N) is 3. The summed E-state index contributed by atoms with van der Waals surface area (Å²) in [5, 5.41) is 14.7. The van der Waals surface area contributed by atoms with Crippen molar-refractivity contribution in [1.82, 2.24) is 10.2 Å². The van der Waals surface area contributed by atoms with E-state index >= 15 is 0 Å². The Bertz CT molecular complexity index is 1150. The standard InChI is InChI=1S/C26H27N5O3/c27-17-20-8-10-21(11-9-20)31-13-4-12-30(14-15-31)19-25(32)29-24-7-2-1-6-23(24)26(33)28-18-22-5-3-16-34-22/h1-3,5-11,16H,4,12-15,18-19H2,(H,28,33)(H,29,32). The molecular formula is C26H27N5O3. The van der Waals surface area contributed by atoms with E-state index in [1.54, 1.807) is 42.7 Å². The number of para-hydroxylation sites is 1. The van der Waals surface area contributed by atoms with E-state index in [4.69, 9.17) is 9.68 Å². The molecule has 2 amide bonds. The van der Waals surface area contributed by atoms with E-state index in [-0.39, 0.29) is 24.9 Å². The highest BCUT2D eigenvalue weighted by atomic mass is 16.3. The van der Waals surface area contributed by atoms with Crippen LogP contribution in [0.3, 0.4) is 0 Å². The molecule has 34 heavy (non-hydrogen) atoms. The first kappa shape index (κ1) is 23.1. The van der Waals surface area contributed by atoms with Crippen molar-refractivity contribution in [3.8, 4) is 6.07 Å². The molecule has 1 aliphatic heterocycles. The molecule has 1 aliphatic rings. The summed E-state index contributed by atoms with van der Waals surface area (Å²) in [6.45, 7) is 3.78. The maximum Gasteiger partial charge on any atom is 0.253 e. The molecule has 0 unspecified atom stereocenters. The number of rotatable bonds is 7. The van der Waals surface area contributed by atoms with Gasteiger partial charge in [0.1, 0.15) is 5.76 Å². The van der Waals surface area contributed by atoms with Crippen LogP contribution in [-0.4, -0.2) is 49.4 Å². The molecule has 8 nitrogen and oxygen atoms in total. The first-order valence-electron chi connectivity index (χ1n) is 11.3. The lowest BCUT2D eigenvalue weighted by molar-refractivity contribution is -0.117. The highest BCUT2D eigenvalue weighted by molar-refractivity contribution is 6.04. The van der Waals surface area contributed by atoms with E-state index in [0.29, 0.717) is 22.6 Å². The molecule has 0 spiro atoms. The minimum Gasteiger partial charge on any atom is -0.467 e. The number of carbonyl (C=O) groups excluding carboxylic acids is 2. The number of nitriles is 1. The number of furan rings is 1. The maximum atomic E-state index is 12.8. The first-order chi connectivity index (χ1) is 16.6. The highest BCUT2D eigenvalue weighted by Crippen LogP contribution is 2.18. The van der Waals surface area contributed by atoms with Crippen LogP contribution in [-0.2, 0) is 11.3 Å². The van der Waals surface area contributed by atoms with Gasteiger partial charge >= 0.3 is 0 Å². The van der Waals surface area contributed by atoms with Gasteiger partial charge in [0.25, 0.3) is 5.91 Å². The lowest BCUT2D eigenvalue weighted by Gasteiger charge is -2.23. The molecule has 4 rings (SSSR count). The van der Waals surface area contributed by atoms with Crippen LogP contribution < -0.4 is 15.5 Å². The maximum absolute atomic E-state index is 12.8. The minimum absolute atomic E-state index is 0.155. The summed E-state index contributed by atoms with van der Waals surface area (Å²) >= 11 is 0. The van der Waals surface area contributed by atoms with Crippen molar-refractivity contribution in [3.63, 3.8) is 0 Å². The Labute approximate surface area is 198 Å². The molecule has 2 aromatic carbocycles. The van der Waals surface area contributed by atoms with Gasteiger partial charge < -0.3 is 20.0 Å². The predicted molar refractivity (Wildman–Crippen MR) is 129 cm³/mol. The van der Waals surface area contributed by atoms with Gasteiger partial charge in [0, 0.05) is 31.9 Å². The first-order valence-corrected chi connectivity index (χ1v) is 11.3. The molecule has 8 heteroatoms. The average molecular weight is 458 g/mol. The summed E-state index contributed by atoms with van der Waals surface area (Å²) in [6.07, 6.45) is 2.49. The molecule has 1 aromatic heterocycles. The fourth-order valence-corrected chi connectivity index (χ4v) is 3.99. The van der Waals surface area contributed by atoms with Gasteiger partial charge in [-0.2, -0.15) is 5.26 Å². The zero-order valence-corrected chi connectivity index (χ0v) is 18.9. The van der Waals surface area contributed by atoms with Gasteiger partial charge in [-0.25, -0.2) is 0 Å². The quantitative estimate of drug-likeness (QED) is 0.565. The number of anilines is 2. The van der Waals surface area contributed by atoms with Crippen molar-refractivity contribution in [2.45, 2.75) is 13.0 Å². The predicted octanol–water partition coefficient (Wildman–Crippen LogP) is 3.23. The van der Waals surface area contributed by atoms with Gasteiger partial charge in [0.05, 0.1) is 42.2 Å². The van der Waals surface area contributed by atoms with E-state index in [1.165, 1.54) is 0 Å². The smallest absolute Gasteiger partial charge is 0.253 e. The van der Waals surface area contributed by atoms with Crippen molar-refractivity contribution in [2.24, 2.45) is 0 Å². The van der Waals surface area contributed by atoms with E-state index in [2.05, 4.69) is 26.5 Å². The van der Waals surface area contributed by atoms with Crippen LogP contribution in [0.2, 0.25) is 0 Å². The topological polar surface area (TPSA) is 102 Å². The molecular weight excluding hydrogens is 430 g/mol. The Hall–Kier alpha value is -4.09. The summed E-state index contributed by atoms with van der Waals surface area (Å²) in [7, 11) is 0. The van der Waals surface area contributed by atoms with Crippen LogP contribution in [0.5, 0.6) is 0 Å². The SMILES string of the molecule is N#Cc1ccc(N2CCCN(CC(=O)Nc3ccccc3C(=O)NCc3ccco3)CC2)cc1. The summed E-state index contributed by atoms with van der Waals surface area (Å²) in [5.74, 6) is 0.226. The number of carbonyl (C=O) groups is 2. The van der Waals surface area contributed by atoms with Gasteiger partial charge in [-0.05, 0) is 55.0 Å². The van der Waals surface area contributed by atoms with Gasteiger partial charge in [-0.1, -0.05) is 12.1 Å². The van der Waals surface area contributed by atoms with Crippen molar-refractivity contribution >= 4 is 23.2 Å². The Morgan fingerprint density at radius 3 is 2.56 bits per heavy atom. The second-order valence-electron chi connectivity index (χ2n) is 8.13. The number of benzene rings is 2. The zero-order chi connectivity index (χ0) is 23.8. The Morgan fingerprint density at radius 2 is 1.79 bits per heavy atom. The van der Waals surface area contributed by atoms with Gasteiger partial charge in [-0.15, -0.1) is 0 Å². The number of hydrogen-bond acceptors (Lipinski definition) is 6. The molecule has 0 bridgehead atoms. The van der Waals surface area contributed by atoms with Gasteiger partial charge in [0.2, 0.25) is 5.91 Å². The van der Waals surface area contributed by atoms with Crippen molar-refractivity contribution in [3.05, 3.63) is 83.8 Å². The van der Waals surface area contributed by atoms with Crippen LogP contribution in [0.1, 0.15) is 28.1 Å². The Morgan fingerprint density at radius 1 is 0.971 bits per heavy atom. The number of hydrogen-bond donors (Lipinski definition) is 2. The molecule has 0 radical (unpaired) electrons. The molecule has 0 aliphatic carbocycles.